The highest BCUT2D eigenvalue weighted by molar-refractivity contribution is 7.12. The molecule has 0 bridgehead atoms. The molecule has 0 aliphatic carbocycles. The molecule has 0 saturated heterocycles. The Morgan fingerprint density at radius 3 is 2.37 bits per heavy atom. The smallest absolute Gasteiger partial charge is 0.265 e. The average molecular weight is 412 g/mol. The van der Waals surface area contributed by atoms with Gasteiger partial charge in [-0.2, -0.15) is 0 Å². The van der Waals surface area contributed by atoms with Crippen LogP contribution in [0.1, 0.15) is 29.4 Å². The Morgan fingerprint density at radius 1 is 1.19 bits per heavy atom. The molecule has 0 radical (unpaired) electrons. The van der Waals surface area contributed by atoms with E-state index in [1.165, 1.54) is 11.3 Å². The lowest BCUT2D eigenvalue weighted by Crippen LogP contribution is -2.21. The maximum atomic E-state index is 12.4. The van der Waals surface area contributed by atoms with Crippen molar-refractivity contribution in [3.63, 3.8) is 0 Å². The molecule has 9 heteroatoms. The van der Waals surface area contributed by atoms with Crippen LogP contribution in [0.4, 0.5) is 11.4 Å². The van der Waals surface area contributed by atoms with Gasteiger partial charge >= 0.3 is 0 Å². The molecule has 1 aromatic carbocycles. The van der Waals surface area contributed by atoms with Crippen LogP contribution in [0.3, 0.4) is 0 Å². The summed E-state index contributed by atoms with van der Waals surface area (Å²) in [4.78, 5) is 25.2. The zero-order valence-corrected chi connectivity index (χ0v) is 16.5. The van der Waals surface area contributed by atoms with Gasteiger partial charge in [-0.25, -0.2) is 0 Å². The van der Waals surface area contributed by atoms with Gasteiger partial charge in [0.2, 0.25) is 5.91 Å². The summed E-state index contributed by atoms with van der Waals surface area (Å²) in [5, 5.41) is 7.48. The van der Waals surface area contributed by atoms with Gasteiger partial charge in [0.25, 0.3) is 5.91 Å². The third-order valence-electron chi connectivity index (χ3n) is 3.78. The van der Waals surface area contributed by atoms with Gasteiger partial charge in [-0.15, -0.1) is 23.7 Å². The van der Waals surface area contributed by atoms with Crippen molar-refractivity contribution >= 4 is 46.9 Å². The van der Waals surface area contributed by atoms with Gasteiger partial charge < -0.3 is 25.8 Å². The van der Waals surface area contributed by atoms with Crippen molar-refractivity contribution in [1.82, 2.24) is 0 Å². The highest BCUT2D eigenvalue weighted by Gasteiger charge is 2.19. The maximum absolute atomic E-state index is 12.4. The van der Waals surface area contributed by atoms with Crippen LogP contribution in [0.25, 0.3) is 0 Å². The van der Waals surface area contributed by atoms with Gasteiger partial charge in [-0.05, 0) is 24.8 Å². The lowest BCUT2D eigenvalue weighted by atomic mass is 10.1. The van der Waals surface area contributed by atoms with E-state index >= 15 is 0 Å². The summed E-state index contributed by atoms with van der Waals surface area (Å²) in [6.07, 6.45) is 0.873. The van der Waals surface area contributed by atoms with E-state index < -0.39 is 0 Å². The first kappa shape index (κ1) is 21.0. The van der Waals surface area contributed by atoms with Crippen molar-refractivity contribution in [3.05, 3.63) is 34.5 Å². The number of rotatable bonds is 6. The molecule has 2 amide bonds. The summed E-state index contributed by atoms with van der Waals surface area (Å²) < 4.78 is 11.1. The zero-order chi connectivity index (χ0) is 18.5. The molecule has 3 rings (SSSR count). The molecule has 1 atom stereocenters. The van der Waals surface area contributed by atoms with E-state index in [1.807, 2.05) is 12.3 Å². The summed E-state index contributed by atoms with van der Waals surface area (Å²) in [6, 6.07) is 6.82. The second-order valence-electron chi connectivity index (χ2n) is 6.04. The third kappa shape index (κ3) is 5.59. The van der Waals surface area contributed by atoms with Crippen LogP contribution in [0.5, 0.6) is 11.5 Å². The molecule has 146 valence electrons. The first-order valence-electron chi connectivity index (χ1n) is 8.37. The van der Waals surface area contributed by atoms with E-state index in [9.17, 15) is 9.59 Å². The van der Waals surface area contributed by atoms with E-state index in [0.717, 1.165) is 0 Å². The minimum atomic E-state index is -0.247. The molecule has 0 fully saturated rings. The predicted octanol–water partition coefficient (Wildman–Crippen LogP) is 3.26. The molecule has 1 aliphatic rings. The Hall–Kier alpha value is -2.29. The summed E-state index contributed by atoms with van der Waals surface area (Å²) in [7, 11) is 0. The molecular weight excluding hydrogens is 390 g/mol. The molecule has 2 heterocycles. The fraction of sp³-hybridized carbons (Fsp3) is 0.333. The van der Waals surface area contributed by atoms with E-state index in [0.29, 0.717) is 53.8 Å². The minimum Gasteiger partial charge on any atom is -0.486 e. The molecule has 2 aromatic rings. The highest BCUT2D eigenvalue weighted by Crippen LogP contribution is 2.38. The number of amides is 2. The SMILES string of the molecule is CC(N)CCC(=O)Nc1cc2c(cc1NC(=O)c1cccs1)OCCO2.Cl. The van der Waals surface area contributed by atoms with Gasteiger partial charge in [-0.1, -0.05) is 6.07 Å². The van der Waals surface area contributed by atoms with Gasteiger partial charge in [0.05, 0.1) is 16.3 Å². The number of nitrogens with one attached hydrogen (secondary N) is 2. The molecule has 27 heavy (non-hydrogen) atoms. The topological polar surface area (TPSA) is 103 Å². The quantitative estimate of drug-likeness (QED) is 0.677. The number of hydrogen-bond donors (Lipinski definition) is 3. The summed E-state index contributed by atoms with van der Waals surface area (Å²) in [5.41, 5.74) is 6.63. The molecule has 0 spiro atoms. The average Bonchev–Trinajstić information content (AvgIpc) is 3.15. The number of fused-ring (bicyclic) bond motifs is 1. The van der Waals surface area contributed by atoms with Crippen molar-refractivity contribution in [1.29, 1.82) is 0 Å². The Morgan fingerprint density at radius 2 is 1.81 bits per heavy atom. The van der Waals surface area contributed by atoms with Crippen LogP contribution in [-0.2, 0) is 4.79 Å². The monoisotopic (exact) mass is 411 g/mol. The highest BCUT2D eigenvalue weighted by atomic mass is 35.5. The van der Waals surface area contributed by atoms with Gasteiger partial charge in [0.1, 0.15) is 13.2 Å². The molecule has 4 N–H and O–H groups in total. The van der Waals surface area contributed by atoms with Gasteiger partial charge in [-0.3, -0.25) is 9.59 Å². The van der Waals surface area contributed by atoms with E-state index in [-0.39, 0.29) is 30.3 Å². The van der Waals surface area contributed by atoms with E-state index in [4.69, 9.17) is 15.2 Å². The maximum Gasteiger partial charge on any atom is 0.265 e. The van der Waals surface area contributed by atoms with Crippen molar-refractivity contribution in [2.45, 2.75) is 25.8 Å². The van der Waals surface area contributed by atoms with Crippen LogP contribution >= 0.6 is 23.7 Å². The molecule has 0 saturated carbocycles. The first-order chi connectivity index (χ1) is 12.5. The predicted molar refractivity (Wildman–Crippen MR) is 108 cm³/mol. The number of benzene rings is 1. The van der Waals surface area contributed by atoms with Crippen LogP contribution in [0.2, 0.25) is 0 Å². The lowest BCUT2D eigenvalue weighted by molar-refractivity contribution is -0.116. The number of ether oxygens (including phenoxy) is 2. The van der Waals surface area contributed by atoms with Crippen molar-refractivity contribution in [2.24, 2.45) is 5.73 Å². The first-order valence-corrected chi connectivity index (χ1v) is 9.25. The van der Waals surface area contributed by atoms with Crippen LogP contribution < -0.4 is 25.8 Å². The standard InChI is InChI=1S/C18H21N3O4S.ClH/c1-11(19)4-5-17(22)20-12-9-14-15(25-7-6-24-14)10-13(12)21-18(23)16-3-2-8-26-16;/h2-3,8-11H,4-7,19H2,1H3,(H,20,22)(H,21,23);1H. The number of nitrogens with two attached hydrogens (primary N) is 1. The number of hydrogen-bond acceptors (Lipinski definition) is 6. The molecule has 1 aromatic heterocycles. The van der Waals surface area contributed by atoms with Gasteiger partial charge in [0.15, 0.2) is 11.5 Å². The second-order valence-corrected chi connectivity index (χ2v) is 6.98. The van der Waals surface area contributed by atoms with Crippen molar-refractivity contribution < 1.29 is 19.1 Å². The van der Waals surface area contributed by atoms with Crippen molar-refractivity contribution in [3.8, 4) is 11.5 Å². The summed E-state index contributed by atoms with van der Waals surface area (Å²) >= 11 is 1.34. The summed E-state index contributed by atoms with van der Waals surface area (Å²) in [6.45, 7) is 2.72. The molecular formula is C18H22ClN3O4S. The van der Waals surface area contributed by atoms with Crippen LogP contribution in [0.15, 0.2) is 29.6 Å². The number of halogens is 1. The van der Waals surface area contributed by atoms with Crippen molar-refractivity contribution in [2.75, 3.05) is 23.8 Å². The fourth-order valence-electron chi connectivity index (χ4n) is 2.46. The van der Waals surface area contributed by atoms with E-state index in [2.05, 4.69) is 10.6 Å². The number of thiophene rings is 1. The van der Waals surface area contributed by atoms with Crippen LogP contribution in [-0.4, -0.2) is 31.1 Å². The number of anilines is 2. The zero-order valence-electron chi connectivity index (χ0n) is 14.8. The Labute approximate surface area is 167 Å². The number of carbonyl (C=O) groups excluding carboxylic acids is 2. The normalized spacial score (nSPS) is 13.3. The Balaban J connectivity index is 0.00000261. The van der Waals surface area contributed by atoms with Gasteiger partial charge in [0, 0.05) is 24.6 Å². The number of carbonyl (C=O) groups is 2. The lowest BCUT2D eigenvalue weighted by Gasteiger charge is -2.21. The fourth-order valence-corrected chi connectivity index (χ4v) is 3.08. The summed E-state index contributed by atoms with van der Waals surface area (Å²) in [5.74, 6) is 0.646. The minimum absolute atomic E-state index is 0. The van der Waals surface area contributed by atoms with Crippen LogP contribution in [0, 0.1) is 0 Å². The third-order valence-corrected chi connectivity index (χ3v) is 4.64. The van der Waals surface area contributed by atoms with E-state index in [1.54, 1.807) is 24.3 Å². The molecule has 1 aliphatic heterocycles. The molecule has 7 nitrogen and oxygen atoms in total. The molecule has 1 unspecified atom stereocenters. The second kappa shape index (κ2) is 9.59. The Kier molecular flexibility index (Phi) is 7.46. The largest absolute Gasteiger partial charge is 0.486 e. The Bertz CT molecular complexity index is 796.